The Balaban J connectivity index is 1.70. The number of rotatable bonds is 6. The normalized spacial score (nSPS) is 19.4. The smallest absolute Gasteiger partial charge is 0.303 e. The summed E-state index contributed by atoms with van der Waals surface area (Å²) < 4.78 is 0. The summed E-state index contributed by atoms with van der Waals surface area (Å²) in [5, 5.41) is 8.84. The second kappa shape index (κ2) is 8.50. The van der Waals surface area contributed by atoms with E-state index in [9.17, 15) is 9.59 Å². The number of aryl methyl sites for hydroxylation is 2. The van der Waals surface area contributed by atoms with Gasteiger partial charge in [-0.2, -0.15) is 0 Å². The van der Waals surface area contributed by atoms with Gasteiger partial charge >= 0.3 is 5.97 Å². The average Bonchev–Trinajstić information content (AvgIpc) is 2.67. The third-order valence-corrected chi connectivity index (χ3v) is 5.75. The van der Waals surface area contributed by atoms with Gasteiger partial charge in [0.15, 0.2) is 0 Å². The molecule has 1 aliphatic rings. The molecule has 0 unspecified atom stereocenters. The average molecular weight is 381 g/mol. The fourth-order valence-electron chi connectivity index (χ4n) is 4.16. The molecule has 28 heavy (non-hydrogen) atoms. The van der Waals surface area contributed by atoms with E-state index in [0.717, 1.165) is 43.4 Å². The second-order valence-corrected chi connectivity index (χ2v) is 7.73. The highest BCUT2D eigenvalue weighted by molar-refractivity contribution is 5.92. The van der Waals surface area contributed by atoms with Gasteiger partial charge in [-0.25, -0.2) is 4.98 Å². The van der Waals surface area contributed by atoms with E-state index >= 15 is 0 Å². The number of benzene rings is 1. The van der Waals surface area contributed by atoms with Gasteiger partial charge in [0, 0.05) is 12.0 Å². The van der Waals surface area contributed by atoms with Crippen LogP contribution in [-0.4, -0.2) is 27.0 Å². The molecule has 0 saturated heterocycles. The van der Waals surface area contributed by atoms with Crippen molar-refractivity contribution in [3.8, 4) is 11.3 Å². The Kier molecular flexibility index (Phi) is 6.07. The van der Waals surface area contributed by atoms with Crippen LogP contribution in [0.25, 0.3) is 11.3 Å². The van der Waals surface area contributed by atoms with Gasteiger partial charge in [0.05, 0.1) is 17.1 Å². The summed E-state index contributed by atoms with van der Waals surface area (Å²) in [6.45, 7) is 3.62. The molecule has 0 radical (unpaired) electrons. The number of primary amides is 1. The van der Waals surface area contributed by atoms with Crippen LogP contribution in [0.2, 0.25) is 0 Å². The summed E-state index contributed by atoms with van der Waals surface area (Å²) in [6.07, 6.45) is 5.43. The highest BCUT2D eigenvalue weighted by Crippen LogP contribution is 2.38. The lowest BCUT2D eigenvalue weighted by Crippen LogP contribution is -2.17. The lowest BCUT2D eigenvalue weighted by molar-refractivity contribution is -0.137. The van der Waals surface area contributed by atoms with Crippen molar-refractivity contribution in [2.75, 3.05) is 0 Å². The van der Waals surface area contributed by atoms with Crippen molar-refractivity contribution in [1.29, 1.82) is 0 Å². The molecule has 1 heterocycles. The largest absolute Gasteiger partial charge is 0.481 e. The monoisotopic (exact) mass is 381 g/mol. The molecular formula is C22H27N3O3. The van der Waals surface area contributed by atoms with Crippen LogP contribution in [0.5, 0.6) is 0 Å². The van der Waals surface area contributed by atoms with Gasteiger partial charge in [0.1, 0.15) is 5.69 Å². The third-order valence-electron chi connectivity index (χ3n) is 5.75. The van der Waals surface area contributed by atoms with Crippen LogP contribution < -0.4 is 5.73 Å². The molecule has 0 atom stereocenters. The zero-order valence-corrected chi connectivity index (χ0v) is 16.4. The van der Waals surface area contributed by atoms with E-state index in [1.165, 1.54) is 5.56 Å². The minimum Gasteiger partial charge on any atom is -0.481 e. The van der Waals surface area contributed by atoms with Crippen molar-refractivity contribution < 1.29 is 14.7 Å². The summed E-state index contributed by atoms with van der Waals surface area (Å²) in [7, 11) is 0. The van der Waals surface area contributed by atoms with Crippen molar-refractivity contribution in [1.82, 2.24) is 9.97 Å². The summed E-state index contributed by atoms with van der Waals surface area (Å²) in [4.78, 5) is 31.2. The van der Waals surface area contributed by atoms with Gasteiger partial charge in [-0.05, 0) is 63.4 Å². The number of amides is 1. The van der Waals surface area contributed by atoms with Gasteiger partial charge in [-0.3, -0.25) is 14.6 Å². The topological polar surface area (TPSA) is 106 Å². The predicted molar refractivity (Wildman–Crippen MR) is 107 cm³/mol. The first-order valence-electron chi connectivity index (χ1n) is 9.82. The number of nitrogens with two attached hydrogens (primary N) is 1. The molecule has 1 saturated carbocycles. The summed E-state index contributed by atoms with van der Waals surface area (Å²) in [6, 6.07) is 8.32. The molecule has 2 aromatic rings. The summed E-state index contributed by atoms with van der Waals surface area (Å²) in [5.74, 6) is -0.222. The highest BCUT2D eigenvalue weighted by atomic mass is 16.4. The van der Waals surface area contributed by atoms with Crippen LogP contribution in [0.4, 0.5) is 0 Å². The zero-order valence-electron chi connectivity index (χ0n) is 16.4. The predicted octanol–water partition coefficient (Wildman–Crippen LogP) is 4.00. The van der Waals surface area contributed by atoms with Gasteiger partial charge in [0.2, 0.25) is 0 Å². The van der Waals surface area contributed by atoms with Crippen molar-refractivity contribution in [2.45, 2.75) is 58.3 Å². The van der Waals surface area contributed by atoms with Crippen molar-refractivity contribution in [3.05, 3.63) is 46.9 Å². The fraction of sp³-hybridized carbons (Fsp3) is 0.455. The molecule has 0 aliphatic heterocycles. The van der Waals surface area contributed by atoms with E-state index in [1.807, 2.05) is 19.1 Å². The molecule has 1 aromatic heterocycles. The Morgan fingerprint density at radius 2 is 1.68 bits per heavy atom. The van der Waals surface area contributed by atoms with Gasteiger partial charge in [0.25, 0.3) is 5.91 Å². The number of hydrogen-bond donors (Lipinski definition) is 2. The van der Waals surface area contributed by atoms with Crippen LogP contribution in [0, 0.1) is 19.8 Å². The molecule has 1 amide bonds. The maximum atomic E-state index is 11.6. The van der Waals surface area contributed by atoms with Crippen LogP contribution in [-0.2, 0) is 4.79 Å². The Morgan fingerprint density at radius 3 is 2.25 bits per heavy atom. The highest BCUT2D eigenvalue weighted by Gasteiger charge is 2.23. The first-order valence-corrected chi connectivity index (χ1v) is 9.82. The minimum atomic E-state index is -0.702. The Labute approximate surface area is 165 Å². The minimum absolute atomic E-state index is 0.212. The summed E-state index contributed by atoms with van der Waals surface area (Å²) >= 11 is 0. The second-order valence-electron chi connectivity index (χ2n) is 7.73. The number of hydrogen-bond acceptors (Lipinski definition) is 4. The van der Waals surface area contributed by atoms with E-state index in [1.54, 1.807) is 6.92 Å². The van der Waals surface area contributed by atoms with Crippen LogP contribution in [0.1, 0.15) is 71.9 Å². The SMILES string of the molecule is Cc1nc(C)c(-c2ccc(C3CCC(CCC(=O)O)CC3)cc2)nc1C(N)=O. The molecule has 1 aromatic carbocycles. The molecule has 6 heteroatoms. The third kappa shape index (κ3) is 4.55. The molecule has 0 bridgehead atoms. The number of nitrogens with zero attached hydrogens (tertiary/aromatic N) is 2. The first kappa shape index (κ1) is 20.0. The van der Waals surface area contributed by atoms with E-state index in [0.29, 0.717) is 23.2 Å². The van der Waals surface area contributed by atoms with E-state index in [4.69, 9.17) is 10.8 Å². The van der Waals surface area contributed by atoms with Gasteiger partial charge in [-0.15, -0.1) is 0 Å². The van der Waals surface area contributed by atoms with Crippen molar-refractivity contribution in [2.24, 2.45) is 11.7 Å². The standard InChI is InChI=1S/C22H27N3O3/c1-13-20(25-21(22(23)28)14(2)24-13)18-10-8-17(9-11-18)16-6-3-15(4-7-16)5-12-19(26)27/h8-11,15-16H,3-7,12H2,1-2H3,(H2,23,28)(H,26,27). The van der Waals surface area contributed by atoms with E-state index in [-0.39, 0.29) is 12.1 Å². The molecule has 0 spiro atoms. The van der Waals surface area contributed by atoms with Crippen molar-refractivity contribution in [3.63, 3.8) is 0 Å². The Morgan fingerprint density at radius 1 is 1.04 bits per heavy atom. The van der Waals surface area contributed by atoms with Crippen LogP contribution in [0.15, 0.2) is 24.3 Å². The molecule has 3 N–H and O–H groups in total. The molecule has 1 aliphatic carbocycles. The van der Waals surface area contributed by atoms with Crippen LogP contribution >= 0.6 is 0 Å². The maximum Gasteiger partial charge on any atom is 0.303 e. The summed E-state index contributed by atoms with van der Waals surface area (Å²) in [5.41, 5.74) is 9.85. The fourth-order valence-corrected chi connectivity index (χ4v) is 4.16. The number of carboxylic acid groups (broad SMARTS) is 1. The molecule has 148 valence electrons. The first-order chi connectivity index (χ1) is 13.3. The van der Waals surface area contributed by atoms with Crippen molar-refractivity contribution >= 4 is 11.9 Å². The number of aromatic nitrogens is 2. The Bertz CT molecular complexity index is 869. The van der Waals surface area contributed by atoms with Crippen LogP contribution in [0.3, 0.4) is 0 Å². The molecule has 3 rings (SSSR count). The lowest BCUT2D eigenvalue weighted by atomic mass is 9.77. The van der Waals surface area contributed by atoms with E-state index < -0.39 is 11.9 Å². The molecule has 1 fully saturated rings. The number of aliphatic carboxylic acids is 1. The number of carboxylic acids is 1. The number of carbonyl (C=O) groups excluding carboxylic acids is 1. The Hall–Kier alpha value is -2.76. The maximum absolute atomic E-state index is 11.6. The number of carbonyl (C=O) groups is 2. The van der Waals surface area contributed by atoms with Gasteiger partial charge < -0.3 is 10.8 Å². The molecule has 6 nitrogen and oxygen atoms in total. The molecular weight excluding hydrogens is 354 g/mol. The quantitative estimate of drug-likeness (QED) is 0.787. The van der Waals surface area contributed by atoms with Gasteiger partial charge in [-0.1, -0.05) is 24.3 Å². The lowest BCUT2D eigenvalue weighted by Gasteiger charge is -2.28. The zero-order chi connectivity index (χ0) is 20.3. The van der Waals surface area contributed by atoms with E-state index in [2.05, 4.69) is 22.1 Å².